The first kappa shape index (κ1) is 18.9. The van der Waals surface area contributed by atoms with E-state index in [0.29, 0.717) is 11.5 Å². The summed E-state index contributed by atoms with van der Waals surface area (Å²) >= 11 is 6.81. The van der Waals surface area contributed by atoms with E-state index < -0.39 is 0 Å². The second-order valence-electron chi connectivity index (χ2n) is 7.72. The molecule has 0 aliphatic heterocycles. The molecule has 2 rings (SSSR count). The van der Waals surface area contributed by atoms with E-state index in [1.807, 2.05) is 13.8 Å². The van der Waals surface area contributed by atoms with Gasteiger partial charge in [-0.1, -0.05) is 34.6 Å². The lowest BCUT2D eigenvalue weighted by atomic mass is 9.72. The van der Waals surface area contributed by atoms with E-state index in [4.69, 9.17) is 12.2 Å². The fraction of sp³-hybridized carbons (Fsp3) is 0.611. The smallest absolute Gasteiger partial charge is 0.228 e. The van der Waals surface area contributed by atoms with E-state index in [0.717, 1.165) is 29.8 Å². The number of carbonyl (C=O) groups is 1. The topological polar surface area (TPSA) is 64.9 Å². The number of hydrogen-bond donors (Lipinski definition) is 2. The van der Waals surface area contributed by atoms with E-state index in [1.165, 1.54) is 4.88 Å². The summed E-state index contributed by atoms with van der Waals surface area (Å²) in [5, 5.41) is 16.3. The number of rotatable bonds is 2. The molecule has 0 fully saturated rings. The molecule has 4 nitrogen and oxygen atoms in total. The summed E-state index contributed by atoms with van der Waals surface area (Å²) in [6, 6.07) is 2.31. The van der Waals surface area contributed by atoms with Crippen molar-refractivity contribution in [3.63, 3.8) is 0 Å². The van der Waals surface area contributed by atoms with Crippen LogP contribution in [0.3, 0.4) is 0 Å². The van der Waals surface area contributed by atoms with Crippen LogP contribution >= 0.6 is 23.6 Å². The molecule has 0 aromatic carbocycles. The van der Waals surface area contributed by atoms with E-state index in [1.54, 1.807) is 11.3 Å². The van der Waals surface area contributed by atoms with Crippen molar-refractivity contribution in [3.8, 4) is 6.07 Å². The first-order valence-electron chi connectivity index (χ1n) is 8.30. The van der Waals surface area contributed by atoms with Gasteiger partial charge in [-0.15, -0.1) is 11.3 Å². The summed E-state index contributed by atoms with van der Waals surface area (Å²) in [6.45, 7) is 10.5. The van der Waals surface area contributed by atoms with Crippen molar-refractivity contribution in [3.05, 3.63) is 16.0 Å². The van der Waals surface area contributed by atoms with Gasteiger partial charge in [-0.25, -0.2) is 0 Å². The highest BCUT2D eigenvalue weighted by Gasteiger charge is 2.32. The van der Waals surface area contributed by atoms with Gasteiger partial charge in [0.05, 0.1) is 5.56 Å². The third kappa shape index (κ3) is 4.14. The zero-order chi connectivity index (χ0) is 18.1. The van der Waals surface area contributed by atoms with Gasteiger partial charge < -0.3 is 10.6 Å². The lowest BCUT2D eigenvalue weighted by molar-refractivity contribution is -0.122. The van der Waals surface area contributed by atoms with Gasteiger partial charge in [0.25, 0.3) is 0 Å². The molecule has 1 atom stereocenters. The van der Waals surface area contributed by atoms with Crippen LogP contribution in [0.5, 0.6) is 0 Å². The van der Waals surface area contributed by atoms with Crippen LogP contribution in [-0.2, 0) is 17.6 Å². The number of anilines is 1. The Labute approximate surface area is 153 Å². The monoisotopic (exact) mass is 363 g/mol. The highest BCUT2D eigenvalue weighted by molar-refractivity contribution is 7.80. The highest BCUT2D eigenvalue weighted by Crippen LogP contribution is 2.43. The molecule has 0 radical (unpaired) electrons. The van der Waals surface area contributed by atoms with Crippen LogP contribution in [0.15, 0.2) is 0 Å². The van der Waals surface area contributed by atoms with Crippen LogP contribution in [0.2, 0.25) is 0 Å². The predicted molar refractivity (Wildman–Crippen MR) is 103 cm³/mol. The normalized spacial score (nSPS) is 17.1. The summed E-state index contributed by atoms with van der Waals surface area (Å²) in [6.07, 6.45) is 3.05. The van der Waals surface area contributed by atoms with Crippen molar-refractivity contribution < 1.29 is 4.79 Å². The molecular formula is C18H25N3OS2. The number of carbonyl (C=O) groups excluding carboxylic acids is 1. The summed E-state index contributed by atoms with van der Waals surface area (Å²) in [7, 11) is 0. The Hall–Kier alpha value is -1.45. The number of amides is 1. The Bertz CT molecular complexity index is 692. The molecule has 1 aliphatic carbocycles. The van der Waals surface area contributed by atoms with Gasteiger partial charge in [0, 0.05) is 10.8 Å². The van der Waals surface area contributed by atoms with Gasteiger partial charge in [-0.05, 0) is 48.4 Å². The molecule has 1 aromatic rings. The van der Waals surface area contributed by atoms with Crippen molar-refractivity contribution >= 4 is 39.6 Å². The van der Waals surface area contributed by atoms with Crippen molar-refractivity contribution in [1.29, 1.82) is 5.26 Å². The van der Waals surface area contributed by atoms with Crippen molar-refractivity contribution in [1.82, 2.24) is 5.32 Å². The Morgan fingerprint density at radius 2 is 2.08 bits per heavy atom. The maximum Gasteiger partial charge on any atom is 0.228 e. The molecule has 0 spiro atoms. The largest absolute Gasteiger partial charge is 0.323 e. The molecule has 6 heteroatoms. The SMILES string of the molecule is CC(C)C(=O)NC(=S)Nc1sc2c(c1C#N)CC[C@H](C(C)(C)C)C2. The van der Waals surface area contributed by atoms with Crippen LogP contribution < -0.4 is 10.6 Å². The van der Waals surface area contributed by atoms with Gasteiger partial charge >= 0.3 is 0 Å². The second kappa shape index (κ2) is 7.20. The minimum absolute atomic E-state index is 0.125. The zero-order valence-electron chi connectivity index (χ0n) is 14.9. The van der Waals surface area contributed by atoms with Gasteiger partial charge in [0.15, 0.2) is 5.11 Å². The minimum atomic E-state index is -0.135. The fourth-order valence-electron chi connectivity index (χ4n) is 2.92. The van der Waals surface area contributed by atoms with E-state index in [-0.39, 0.29) is 22.4 Å². The maximum atomic E-state index is 11.7. The van der Waals surface area contributed by atoms with Crippen LogP contribution in [0.1, 0.15) is 57.0 Å². The van der Waals surface area contributed by atoms with Crippen LogP contribution in [0.25, 0.3) is 0 Å². The zero-order valence-corrected chi connectivity index (χ0v) is 16.6. The third-order valence-electron chi connectivity index (χ3n) is 4.59. The van der Waals surface area contributed by atoms with Crippen molar-refractivity contribution in [2.45, 2.75) is 53.9 Å². The van der Waals surface area contributed by atoms with Gasteiger partial charge in [0.1, 0.15) is 11.1 Å². The third-order valence-corrected chi connectivity index (χ3v) is 5.96. The number of nitrogens with zero attached hydrogens (tertiary/aromatic N) is 1. The molecule has 24 heavy (non-hydrogen) atoms. The molecular weight excluding hydrogens is 338 g/mol. The van der Waals surface area contributed by atoms with Gasteiger partial charge in [-0.2, -0.15) is 5.26 Å². The van der Waals surface area contributed by atoms with E-state index >= 15 is 0 Å². The first-order valence-corrected chi connectivity index (χ1v) is 9.52. The molecule has 0 unspecified atom stereocenters. The Kier molecular flexibility index (Phi) is 5.67. The minimum Gasteiger partial charge on any atom is -0.323 e. The molecule has 130 valence electrons. The van der Waals surface area contributed by atoms with Crippen LogP contribution in [0, 0.1) is 28.6 Å². The first-order chi connectivity index (χ1) is 11.1. The average molecular weight is 364 g/mol. The average Bonchev–Trinajstić information content (AvgIpc) is 2.81. The van der Waals surface area contributed by atoms with Gasteiger partial charge in [0.2, 0.25) is 5.91 Å². The van der Waals surface area contributed by atoms with Crippen molar-refractivity contribution in [2.24, 2.45) is 17.3 Å². The number of thiophene rings is 1. The highest BCUT2D eigenvalue weighted by atomic mass is 32.1. The molecule has 0 saturated heterocycles. The number of thiocarbonyl (C=S) groups is 1. The Balaban J connectivity index is 2.19. The molecule has 0 saturated carbocycles. The Morgan fingerprint density at radius 3 is 2.62 bits per heavy atom. The number of fused-ring (bicyclic) bond motifs is 1. The van der Waals surface area contributed by atoms with Gasteiger partial charge in [-0.3, -0.25) is 4.79 Å². The summed E-state index contributed by atoms with van der Waals surface area (Å²) in [5.41, 5.74) is 2.11. The predicted octanol–water partition coefficient (Wildman–Crippen LogP) is 4.24. The molecule has 1 aliphatic rings. The molecule has 1 heterocycles. The number of nitrogens with one attached hydrogen (secondary N) is 2. The lowest BCUT2D eigenvalue weighted by Gasteiger charge is -2.33. The van der Waals surface area contributed by atoms with E-state index in [9.17, 15) is 10.1 Å². The molecule has 0 bridgehead atoms. The molecule has 1 aromatic heterocycles. The summed E-state index contributed by atoms with van der Waals surface area (Å²) < 4.78 is 0. The summed E-state index contributed by atoms with van der Waals surface area (Å²) in [4.78, 5) is 13.0. The van der Waals surface area contributed by atoms with Crippen LogP contribution in [-0.4, -0.2) is 11.0 Å². The summed E-state index contributed by atoms with van der Waals surface area (Å²) in [5.74, 6) is 0.361. The molecule has 2 N–H and O–H groups in total. The quantitative estimate of drug-likeness (QED) is 0.771. The van der Waals surface area contributed by atoms with Crippen LogP contribution in [0.4, 0.5) is 5.00 Å². The Morgan fingerprint density at radius 1 is 1.42 bits per heavy atom. The fourth-order valence-corrected chi connectivity index (χ4v) is 4.47. The molecule has 1 amide bonds. The maximum absolute atomic E-state index is 11.7. The van der Waals surface area contributed by atoms with Crippen molar-refractivity contribution in [2.75, 3.05) is 5.32 Å². The lowest BCUT2D eigenvalue weighted by Crippen LogP contribution is -2.36. The second-order valence-corrected chi connectivity index (χ2v) is 9.24. The van der Waals surface area contributed by atoms with E-state index in [2.05, 4.69) is 37.5 Å². The standard InChI is InChI=1S/C18H25N3OS2/c1-10(2)15(22)20-17(23)21-16-13(9-19)12-7-6-11(18(3,4)5)8-14(12)24-16/h10-11H,6-8H2,1-5H3,(H2,20,21,22,23)/t11-/m0/s1. The number of nitriles is 1. The number of hydrogen-bond acceptors (Lipinski definition) is 4.